The van der Waals surface area contributed by atoms with Crippen LogP contribution in [0.2, 0.25) is 0 Å². The number of carbonyl (C=O) groups is 3. The van der Waals surface area contributed by atoms with Gasteiger partial charge in [0.1, 0.15) is 11.8 Å². The number of benzene rings is 1. The fourth-order valence-corrected chi connectivity index (χ4v) is 5.11. The largest absolute Gasteiger partial charge is 0.493 e. The maximum atomic E-state index is 13.6. The van der Waals surface area contributed by atoms with E-state index in [0.29, 0.717) is 43.0 Å². The lowest BCUT2D eigenvalue weighted by Crippen LogP contribution is -2.59. The summed E-state index contributed by atoms with van der Waals surface area (Å²) in [6.45, 7) is 0.972. The topological polar surface area (TPSA) is 123 Å². The van der Waals surface area contributed by atoms with Gasteiger partial charge < -0.3 is 28.8 Å². The Morgan fingerprint density at radius 2 is 1.85 bits per heavy atom. The molecule has 3 aromatic rings. The van der Waals surface area contributed by atoms with Crippen LogP contribution in [0, 0.1) is 0 Å². The van der Waals surface area contributed by atoms with Crippen LogP contribution in [0.25, 0.3) is 0 Å². The maximum absolute atomic E-state index is 13.6. The van der Waals surface area contributed by atoms with Gasteiger partial charge in [-0.05, 0) is 42.0 Å². The molecule has 2 aromatic heterocycles. The van der Waals surface area contributed by atoms with Crippen molar-refractivity contribution in [2.75, 3.05) is 33.9 Å². The number of hydrogen-bond acceptors (Lipinski definition) is 8. The minimum Gasteiger partial charge on any atom is -0.493 e. The maximum Gasteiger partial charge on any atom is 0.292 e. The van der Waals surface area contributed by atoms with Crippen molar-refractivity contribution in [3.05, 3.63) is 78.0 Å². The van der Waals surface area contributed by atoms with Crippen LogP contribution in [0.1, 0.15) is 39.3 Å². The van der Waals surface area contributed by atoms with Crippen molar-refractivity contribution < 1.29 is 33.0 Å². The average molecular weight is 535 g/mol. The number of rotatable bonds is 7. The number of ether oxygens (including phenoxy) is 3. The average Bonchev–Trinajstić information content (AvgIpc) is 3.65. The first-order valence-corrected chi connectivity index (χ1v) is 12.6. The number of piperidine rings is 1. The van der Waals surface area contributed by atoms with Crippen LogP contribution >= 0.6 is 0 Å². The first-order valence-electron chi connectivity index (χ1n) is 12.6. The Kier molecular flexibility index (Phi) is 7.51. The number of amides is 3. The Balaban J connectivity index is 1.32. The zero-order valence-corrected chi connectivity index (χ0v) is 21.8. The summed E-state index contributed by atoms with van der Waals surface area (Å²) in [5, 5.41) is 2.89. The normalized spacial score (nSPS) is 18.2. The second-order valence-electron chi connectivity index (χ2n) is 9.37. The van der Waals surface area contributed by atoms with Crippen molar-refractivity contribution in [2.24, 2.45) is 0 Å². The number of methoxy groups -OCH3 is 2. The number of nitrogens with one attached hydrogen (secondary N) is 1. The highest BCUT2D eigenvalue weighted by Gasteiger charge is 2.54. The SMILES string of the molecule is COc1ccc(C(=O)N2CCC3(CC2)OCC(C(=O)NCc2cccnc2)N3C(=O)c2ccco2)cc1OC. The molecule has 2 fully saturated rings. The molecule has 3 amide bonds. The van der Waals surface area contributed by atoms with Gasteiger partial charge in [-0.2, -0.15) is 0 Å². The van der Waals surface area contributed by atoms with E-state index in [1.54, 1.807) is 53.7 Å². The molecule has 11 nitrogen and oxygen atoms in total. The predicted molar refractivity (Wildman–Crippen MR) is 138 cm³/mol. The van der Waals surface area contributed by atoms with Gasteiger partial charge in [-0.25, -0.2) is 0 Å². The molecular formula is C28H30N4O7. The second-order valence-corrected chi connectivity index (χ2v) is 9.37. The molecule has 1 N–H and O–H groups in total. The summed E-state index contributed by atoms with van der Waals surface area (Å²) in [5.74, 6) is 0.183. The second kappa shape index (κ2) is 11.2. The fourth-order valence-electron chi connectivity index (χ4n) is 5.11. The van der Waals surface area contributed by atoms with Crippen LogP contribution in [0.15, 0.2) is 65.5 Å². The van der Waals surface area contributed by atoms with E-state index in [2.05, 4.69) is 10.3 Å². The number of hydrogen-bond donors (Lipinski definition) is 1. The van der Waals surface area contributed by atoms with Gasteiger partial charge in [-0.1, -0.05) is 6.07 Å². The monoisotopic (exact) mass is 534 g/mol. The van der Waals surface area contributed by atoms with E-state index in [0.717, 1.165) is 5.56 Å². The van der Waals surface area contributed by atoms with Crippen LogP contribution in [-0.2, 0) is 16.1 Å². The molecule has 204 valence electrons. The molecule has 4 heterocycles. The Morgan fingerprint density at radius 1 is 1.05 bits per heavy atom. The number of pyridine rings is 1. The molecule has 1 spiro atoms. The third kappa shape index (κ3) is 5.17. The van der Waals surface area contributed by atoms with E-state index in [1.807, 2.05) is 6.07 Å². The minimum atomic E-state index is -1.05. The van der Waals surface area contributed by atoms with Crippen molar-refractivity contribution >= 4 is 17.7 Å². The van der Waals surface area contributed by atoms with Crippen molar-refractivity contribution in [1.29, 1.82) is 0 Å². The van der Waals surface area contributed by atoms with Crippen molar-refractivity contribution in [2.45, 2.75) is 31.2 Å². The zero-order valence-electron chi connectivity index (χ0n) is 21.8. The molecule has 1 atom stereocenters. The Labute approximate surface area is 225 Å². The molecule has 0 saturated carbocycles. The molecular weight excluding hydrogens is 504 g/mol. The van der Waals surface area contributed by atoms with E-state index in [9.17, 15) is 14.4 Å². The summed E-state index contributed by atoms with van der Waals surface area (Å²) in [5.41, 5.74) is 0.256. The molecule has 2 aliphatic heterocycles. The van der Waals surface area contributed by atoms with Gasteiger partial charge in [0.15, 0.2) is 17.3 Å². The van der Waals surface area contributed by atoms with Gasteiger partial charge in [0, 0.05) is 50.4 Å². The van der Waals surface area contributed by atoms with E-state index in [4.69, 9.17) is 18.6 Å². The summed E-state index contributed by atoms with van der Waals surface area (Å²) in [6, 6.07) is 11.0. The molecule has 2 saturated heterocycles. The number of aromatic nitrogens is 1. The Morgan fingerprint density at radius 3 is 2.51 bits per heavy atom. The highest BCUT2D eigenvalue weighted by Crippen LogP contribution is 2.39. The number of furan rings is 1. The van der Waals surface area contributed by atoms with Crippen molar-refractivity contribution in [3.63, 3.8) is 0 Å². The van der Waals surface area contributed by atoms with E-state index >= 15 is 0 Å². The fraction of sp³-hybridized carbons (Fsp3) is 0.357. The summed E-state index contributed by atoms with van der Waals surface area (Å²) in [6.07, 6.45) is 5.42. The number of likely N-dealkylation sites (tertiary alicyclic amines) is 1. The van der Waals surface area contributed by atoms with Crippen molar-refractivity contribution in [1.82, 2.24) is 20.1 Å². The summed E-state index contributed by atoms with van der Waals surface area (Å²) < 4.78 is 22.2. The summed E-state index contributed by atoms with van der Waals surface area (Å²) in [7, 11) is 3.05. The van der Waals surface area contributed by atoms with Gasteiger partial charge in [0.25, 0.3) is 11.8 Å². The van der Waals surface area contributed by atoms with E-state index < -0.39 is 17.7 Å². The Hall–Kier alpha value is -4.38. The lowest BCUT2D eigenvalue weighted by Gasteiger charge is -2.44. The van der Waals surface area contributed by atoms with Gasteiger partial charge >= 0.3 is 0 Å². The van der Waals surface area contributed by atoms with Crippen LogP contribution < -0.4 is 14.8 Å². The lowest BCUT2D eigenvalue weighted by molar-refractivity contribution is -0.128. The first kappa shape index (κ1) is 26.2. The van der Waals surface area contributed by atoms with Crippen LogP contribution in [0.4, 0.5) is 0 Å². The van der Waals surface area contributed by atoms with E-state index in [-0.39, 0.29) is 30.7 Å². The highest BCUT2D eigenvalue weighted by molar-refractivity contribution is 5.97. The van der Waals surface area contributed by atoms with Gasteiger partial charge in [-0.3, -0.25) is 24.3 Å². The standard InChI is InChI=1S/C28H30N4O7/c1-36-22-8-7-20(15-24(22)37-2)26(34)31-12-9-28(10-13-31)32(27(35)23-6-4-14-38-23)21(18-39-28)25(33)30-17-19-5-3-11-29-16-19/h3-8,11,14-16,21H,9-10,12-13,17-18H2,1-2H3,(H,30,33). The molecule has 2 aliphatic rings. The molecule has 1 unspecified atom stereocenters. The molecule has 11 heteroatoms. The van der Waals surface area contributed by atoms with Gasteiger partial charge in [0.05, 0.1) is 27.1 Å². The third-order valence-corrected chi connectivity index (χ3v) is 7.17. The number of carbonyl (C=O) groups excluding carboxylic acids is 3. The lowest BCUT2D eigenvalue weighted by atomic mass is 9.96. The van der Waals surface area contributed by atoms with E-state index in [1.165, 1.54) is 25.4 Å². The molecule has 39 heavy (non-hydrogen) atoms. The van der Waals surface area contributed by atoms with Crippen molar-refractivity contribution in [3.8, 4) is 11.5 Å². The van der Waals surface area contributed by atoms with Crippen LogP contribution in [-0.4, -0.2) is 78.2 Å². The highest BCUT2D eigenvalue weighted by atomic mass is 16.5. The first-order chi connectivity index (χ1) is 19.0. The smallest absolute Gasteiger partial charge is 0.292 e. The quantitative estimate of drug-likeness (QED) is 0.491. The number of nitrogens with zero attached hydrogens (tertiary/aromatic N) is 3. The minimum absolute atomic E-state index is 0.0367. The van der Waals surface area contributed by atoms with Crippen LogP contribution in [0.5, 0.6) is 11.5 Å². The Bertz CT molecular complexity index is 1320. The molecule has 5 rings (SSSR count). The molecule has 1 aromatic carbocycles. The van der Waals surface area contributed by atoms with Gasteiger partial charge in [-0.15, -0.1) is 0 Å². The molecule has 0 bridgehead atoms. The predicted octanol–water partition coefficient (Wildman–Crippen LogP) is 2.48. The zero-order chi connectivity index (χ0) is 27.4. The molecule has 0 aliphatic carbocycles. The summed E-state index contributed by atoms with van der Waals surface area (Å²) in [4.78, 5) is 47.4. The van der Waals surface area contributed by atoms with Gasteiger partial charge in [0.2, 0.25) is 5.91 Å². The third-order valence-electron chi connectivity index (χ3n) is 7.17. The summed E-state index contributed by atoms with van der Waals surface area (Å²) >= 11 is 0. The van der Waals surface area contributed by atoms with Crippen LogP contribution in [0.3, 0.4) is 0 Å². The molecule has 0 radical (unpaired) electrons.